The molecule has 0 aliphatic carbocycles. The van der Waals surface area contributed by atoms with Crippen LogP contribution in [0.4, 0.5) is 0 Å². The van der Waals surface area contributed by atoms with E-state index in [4.69, 9.17) is 4.98 Å². The van der Waals surface area contributed by atoms with Crippen LogP contribution < -0.4 is 0 Å². The highest BCUT2D eigenvalue weighted by Gasteiger charge is 2.13. The molecule has 1 fully saturated rings. The van der Waals surface area contributed by atoms with Crippen molar-refractivity contribution >= 4 is 21.9 Å². The predicted molar refractivity (Wildman–Crippen MR) is 128 cm³/mol. The van der Waals surface area contributed by atoms with E-state index in [1.807, 2.05) is 30.2 Å². The highest BCUT2D eigenvalue weighted by atomic mass is 15.1. The number of aromatic nitrogens is 5. The average Bonchev–Trinajstić information content (AvgIpc) is 3.42. The summed E-state index contributed by atoms with van der Waals surface area (Å²) in [6, 6.07) is 13.3. The average molecular weight is 423 g/mol. The van der Waals surface area contributed by atoms with Crippen LogP contribution in [-0.4, -0.2) is 42.5 Å². The van der Waals surface area contributed by atoms with Gasteiger partial charge in [-0.05, 0) is 49.2 Å². The van der Waals surface area contributed by atoms with E-state index in [1.54, 1.807) is 6.33 Å². The summed E-state index contributed by atoms with van der Waals surface area (Å²) in [7, 11) is 1.98. The van der Waals surface area contributed by atoms with E-state index in [9.17, 15) is 0 Å². The lowest BCUT2D eigenvalue weighted by Crippen LogP contribution is -2.28. The zero-order valence-electron chi connectivity index (χ0n) is 18.3. The van der Waals surface area contributed by atoms with Crippen molar-refractivity contribution in [2.45, 2.75) is 25.8 Å². The van der Waals surface area contributed by atoms with Gasteiger partial charge in [-0.1, -0.05) is 30.7 Å². The Morgan fingerprint density at radius 3 is 2.50 bits per heavy atom. The highest BCUT2D eigenvalue weighted by molar-refractivity contribution is 6.07. The van der Waals surface area contributed by atoms with E-state index in [0.717, 1.165) is 45.4 Å². The van der Waals surface area contributed by atoms with Crippen molar-refractivity contribution in [3.63, 3.8) is 0 Å². The Labute approximate surface area is 187 Å². The molecule has 5 aromatic rings. The standard InChI is InChI=1S/C26H26N6/c1-31-17-27-15-25(31)23-12-21-22-11-20(13-29-26(22)30-24(21)14-28-23)19-7-5-18(6-8-19)16-32-9-3-2-4-10-32/h5-8,11-15,17H,2-4,9-10,16H2,1H3,(H,29,30). The molecule has 160 valence electrons. The smallest absolute Gasteiger partial charge is 0.138 e. The zero-order valence-corrected chi connectivity index (χ0v) is 18.3. The fourth-order valence-corrected chi connectivity index (χ4v) is 4.76. The summed E-state index contributed by atoms with van der Waals surface area (Å²) in [4.78, 5) is 19.5. The topological polar surface area (TPSA) is 62.6 Å². The molecule has 0 spiro atoms. The van der Waals surface area contributed by atoms with Crippen LogP contribution in [0.2, 0.25) is 0 Å². The summed E-state index contributed by atoms with van der Waals surface area (Å²) in [6.45, 7) is 3.49. The quantitative estimate of drug-likeness (QED) is 0.434. The monoisotopic (exact) mass is 422 g/mol. The molecule has 6 nitrogen and oxygen atoms in total. The maximum atomic E-state index is 4.71. The maximum Gasteiger partial charge on any atom is 0.138 e. The van der Waals surface area contributed by atoms with Crippen LogP contribution >= 0.6 is 0 Å². The molecule has 0 saturated carbocycles. The van der Waals surface area contributed by atoms with Crippen LogP contribution in [0.5, 0.6) is 0 Å². The second-order valence-corrected chi connectivity index (χ2v) is 8.78. The van der Waals surface area contributed by atoms with Crippen LogP contribution in [0, 0.1) is 0 Å². The molecule has 1 aliphatic rings. The number of imidazole rings is 1. The Balaban J connectivity index is 1.34. The molecule has 5 heterocycles. The first kappa shape index (κ1) is 19.2. The number of aryl methyl sites for hydroxylation is 1. The number of aromatic amines is 1. The van der Waals surface area contributed by atoms with Gasteiger partial charge in [0, 0.05) is 36.1 Å². The molecular weight excluding hydrogens is 396 g/mol. The van der Waals surface area contributed by atoms with E-state index in [1.165, 1.54) is 43.5 Å². The summed E-state index contributed by atoms with van der Waals surface area (Å²) in [5.74, 6) is 0. The first-order valence-electron chi connectivity index (χ1n) is 11.3. The molecule has 0 atom stereocenters. The number of nitrogens with zero attached hydrogens (tertiary/aromatic N) is 5. The lowest BCUT2D eigenvalue weighted by Gasteiger charge is -2.26. The van der Waals surface area contributed by atoms with Crippen molar-refractivity contribution in [1.82, 2.24) is 29.4 Å². The molecule has 0 radical (unpaired) electrons. The Morgan fingerprint density at radius 1 is 0.875 bits per heavy atom. The van der Waals surface area contributed by atoms with Gasteiger partial charge in [0.1, 0.15) is 5.65 Å². The van der Waals surface area contributed by atoms with Gasteiger partial charge in [0.2, 0.25) is 0 Å². The maximum absolute atomic E-state index is 4.71. The molecule has 1 aromatic carbocycles. The second kappa shape index (κ2) is 7.88. The van der Waals surface area contributed by atoms with Gasteiger partial charge in [-0.2, -0.15) is 0 Å². The van der Waals surface area contributed by atoms with Gasteiger partial charge in [0.15, 0.2) is 0 Å². The fraction of sp³-hybridized carbons (Fsp3) is 0.269. The molecular formula is C26H26N6. The Bertz CT molecular complexity index is 1390. The third-order valence-electron chi connectivity index (χ3n) is 6.56. The fourth-order valence-electron chi connectivity index (χ4n) is 4.76. The Morgan fingerprint density at radius 2 is 1.72 bits per heavy atom. The lowest BCUT2D eigenvalue weighted by atomic mass is 10.0. The van der Waals surface area contributed by atoms with Gasteiger partial charge < -0.3 is 9.55 Å². The number of hydrogen-bond donors (Lipinski definition) is 1. The molecule has 6 heteroatoms. The zero-order chi connectivity index (χ0) is 21.5. The highest BCUT2D eigenvalue weighted by Crippen LogP contribution is 2.30. The normalized spacial score (nSPS) is 15.0. The number of pyridine rings is 2. The number of rotatable bonds is 4. The van der Waals surface area contributed by atoms with Crippen LogP contribution in [0.15, 0.2) is 61.3 Å². The summed E-state index contributed by atoms with van der Waals surface area (Å²) in [5.41, 5.74) is 7.48. The van der Waals surface area contributed by atoms with Crippen molar-refractivity contribution < 1.29 is 0 Å². The largest absolute Gasteiger partial charge is 0.338 e. The number of nitrogens with one attached hydrogen (secondary N) is 1. The summed E-state index contributed by atoms with van der Waals surface area (Å²) in [5, 5.41) is 2.24. The number of fused-ring (bicyclic) bond motifs is 3. The molecule has 6 rings (SSSR count). The van der Waals surface area contributed by atoms with Crippen LogP contribution in [0.1, 0.15) is 24.8 Å². The third-order valence-corrected chi connectivity index (χ3v) is 6.56. The summed E-state index contributed by atoms with van der Waals surface area (Å²) in [6.07, 6.45) is 11.5. The van der Waals surface area contributed by atoms with Crippen molar-refractivity contribution in [3.8, 4) is 22.5 Å². The SMILES string of the molecule is Cn1cncc1-c1cc2c(cn1)[nH]c1ncc(-c3ccc(CN4CCCCC4)cc3)cc12. The number of benzene rings is 1. The molecule has 0 unspecified atom stereocenters. The minimum Gasteiger partial charge on any atom is -0.338 e. The van der Waals surface area contributed by atoms with E-state index >= 15 is 0 Å². The third kappa shape index (κ3) is 3.46. The van der Waals surface area contributed by atoms with Crippen LogP contribution in [0.3, 0.4) is 0 Å². The first-order valence-corrected chi connectivity index (χ1v) is 11.3. The van der Waals surface area contributed by atoms with Gasteiger partial charge in [0.25, 0.3) is 0 Å². The Kier molecular flexibility index (Phi) is 4.72. The van der Waals surface area contributed by atoms with Crippen molar-refractivity contribution in [3.05, 3.63) is 66.9 Å². The van der Waals surface area contributed by atoms with Gasteiger partial charge >= 0.3 is 0 Å². The van der Waals surface area contributed by atoms with Gasteiger partial charge in [-0.15, -0.1) is 0 Å². The predicted octanol–water partition coefficient (Wildman–Crippen LogP) is 5.16. The lowest BCUT2D eigenvalue weighted by molar-refractivity contribution is 0.221. The van der Waals surface area contributed by atoms with Crippen LogP contribution in [0.25, 0.3) is 44.5 Å². The minimum atomic E-state index is 0.884. The van der Waals surface area contributed by atoms with Crippen molar-refractivity contribution in [2.24, 2.45) is 7.05 Å². The van der Waals surface area contributed by atoms with E-state index < -0.39 is 0 Å². The second-order valence-electron chi connectivity index (χ2n) is 8.78. The van der Waals surface area contributed by atoms with Crippen molar-refractivity contribution in [2.75, 3.05) is 13.1 Å². The molecule has 0 amide bonds. The number of likely N-dealkylation sites (tertiary alicyclic amines) is 1. The van der Waals surface area contributed by atoms with E-state index in [2.05, 4.69) is 56.3 Å². The number of H-pyrrole nitrogens is 1. The number of hydrogen-bond acceptors (Lipinski definition) is 4. The molecule has 4 aromatic heterocycles. The summed E-state index contributed by atoms with van der Waals surface area (Å²) >= 11 is 0. The van der Waals surface area contributed by atoms with E-state index in [0.29, 0.717) is 0 Å². The van der Waals surface area contributed by atoms with Crippen LogP contribution in [-0.2, 0) is 13.6 Å². The summed E-state index contributed by atoms with van der Waals surface area (Å²) < 4.78 is 1.98. The molecule has 32 heavy (non-hydrogen) atoms. The molecule has 0 bridgehead atoms. The van der Waals surface area contributed by atoms with Gasteiger partial charge in [-0.3, -0.25) is 9.88 Å². The minimum absolute atomic E-state index is 0.884. The van der Waals surface area contributed by atoms with Crippen molar-refractivity contribution in [1.29, 1.82) is 0 Å². The first-order chi connectivity index (χ1) is 15.7. The Hall–Kier alpha value is -3.51. The van der Waals surface area contributed by atoms with Gasteiger partial charge in [0.05, 0.1) is 35.6 Å². The molecule has 1 N–H and O–H groups in total. The number of piperidine rings is 1. The van der Waals surface area contributed by atoms with Gasteiger partial charge in [-0.25, -0.2) is 9.97 Å². The molecule has 1 saturated heterocycles. The van der Waals surface area contributed by atoms with E-state index in [-0.39, 0.29) is 0 Å². The molecule has 1 aliphatic heterocycles.